The fraction of sp³-hybridized carbons (Fsp3) is 0.294. The Morgan fingerprint density at radius 2 is 1.43 bits per heavy atom. The van der Waals surface area contributed by atoms with Crippen LogP contribution in [0.2, 0.25) is 0 Å². The molecule has 0 saturated carbocycles. The van der Waals surface area contributed by atoms with E-state index in [-0.39, 0.29) is 0 Å². The van der Waals surface area contributed by atoms with Gasteiger partial charge in [0.25, 0.3) is 0 Å². The molecule has 0 unspecified atom stereocenters. The molecule has 2 aromatic rings. The maximum Gasteiger partial charge on any atom is 0.301 e. The van der Waals surface area contributed by atoms with Crippen LogP contribution in [0.1, 0.15) is 19.3 Å². The minimum Gasteiger partial charge on any atom is -0.457 e. The highest BCUT2D eigenvalue weighted by molar-refractivity contribution is 7.90. The van der Waals surface area contributed by atoms with Crippen LogP contribution in [0, 0.1) is 0 Å². The molecule has 0 aliphatic carbocycles. The summed E-state index contributed by atoms with van der Waals surface area (Å²) in [5, 5.41) is 0. The molecule has 1 aliphatic heterocycles. The summed E-state index contributed by atoms with van der Waals surface area (Å²) >= 11 is 0. The summed E-state index contributed by atoms with van der Waals surface area (Å²) in [7, 11) is -3.47. The third-order valence-electron chi connectivity index (χ3n) is 3.73. The number of rotatable bonds is 5. The average molecular weight is 332 g/mol. The first kappa shape index (κ1) is 15.8. The summed E-state index contributed by atoms with van der Waals surface area (Å²) < 4.78 is 34.4. The highest BCUT2D eigenvalue weighted by Crippen LogP contribution is 2.23. The fourth-order valence-electron chi connectivity index (χ4n) is 2.53. The normalized spacial score (nSPS) is 16.0. The van der Waals surface area contributed by atoms with Crippen molar-refractivity contribution in [3.05, 3.63) is 54.6 Å². The van der Waals surface area contributed by atoms with E-state index in [1.54, 1.807) is 24.3 Å². The van der Waals surface area contributed by atoms with Gasteiger partial charge in [-0.25, -0.2) is 0 Å². The summed E-state index contributed by atoms with van der Waals surface area (Å²) in [5.74, 6) is 1.41. The van der Waals surface area contributed by atoms with Gasteiger partial charge in [-0.1, -0.05) is 24.6 Å². The Bertz CT molecular complexity index is 724. The maximum absolute atomic E-state index is 12.3. The van der Waals surface area contributed by atoms with Crippen LogP contribution in [0.5, 0.6) is 11.5 Å². The van der Waals surface area contributed by atoms with Crippen molar-refractivity contribution in [3.63, 3.8) is 0 Å². The number of hydrogen-bond donors (Lipinski definition) is 1. The molecule has 1 fully saturated rings. The Balaban J connectivity index is 1.65. The Morgan fingerprint density at radius 3 is 2.09 bits per heavy atom. The minimum atomic E-state index is -3.47. The molecule has 2 aromatic carbocycles. The van der Waals surface area contributed by atoms with Crippen molar-refractivity contribution in [2.75, 3.05) is 17.8 Å². The van der Waals surface area contributed by atoms with Gasteiger partial charge in [-0.15, -0.1) is 0 Å². The lowest BCUT2D eigenvalue weighted by Crippen LogP contribution is -2.39. The number of anilines is 1. The Kier molecular flexibility index (Phi) is 4.83. The first-order chi connectivity index (χ1) is 11.1. The van der Waals surface area contributed by atoms with E-state index >= 15 is 0 Å². The van der Waals surface area contributed by atoms with Crippen LogP contribution >= 0.6 is 0 Å². The summed E-state index contributed by atoms with van der Waals surface area (Å²) in [6.45, 7) is 1.18. The van der Waals surface area contributed by atoms with Gasteiger partial charge in [-0.3, -0.25) is 4.72 Å². The smallest absolute Gasteiger partial charge is 0.301 e. The average Bonchev–Trinajstić information content (AvgIpc) is 2.58. The van der Waals surface area contributed by atoms with Crippen LogP contribution in [-0.4, -0.2) is 25.8 Å². The molecule has 5 nitrogen and oxygen atoms in total. The predicted octanol–water partition coefficient (Wildman–Crippen LogP) is 3.62. The lowest BCUT2D eigenvalue weighted by Gasteiger charge is -2.26. The molecule has 0 spiro atoms. The third-order valence-corrected chi connectivity index (χ3v) is 5.27. The van der Waals surface area contributed by atoms with E-state index in [0.717, 1.165) is 25.0 Å². The highest BCUT2D eigenvalue weighted by Gasteiger charge is 2.23. The summed E-state index contributed by atoms with van der Waals surface area (Å²) in [6, 6.07) is 16.4. The van der Waals surface area contributed by atoms with Crippen molar-refractivity contribution in [2.24, 2.45) is 0 Å². The molecular formula is C17H20N2O3S. The van der Waals surface area contributed by atoms with Gasteiger partial charge >= 0.3 is 10.2 Å². The topological polar surface area (TPSA) is 58.6 Å². The molecule has 1 aliphatic rings. The van der Waals surface area contributed by atoms with E-state index in [4.69, 9.17) is 4.74 Å². The van der Waals surface area contributed by atoms with Gasteiger partial charge in [0, 0.05) is 13.1 Å². The zero-order chi connectivity index (χ0) is 16.1. The second-order valence-corrected chi connectivity index (χ2v) is 7.18. The maximum atomic E-state index is 12.3. The third kappa shape index (κ3) is 4.24. The molecule has 3 rings (SSSR count). The predicted molar refractivity (Wildman–Crippen MR) is 90.9 cm³/mol. The second-order valence-electron chi connectivity index (χ2n) is 5.51. The Labute approximate surface area is 137 Å². The van der Waals surface area contributed by atoms with Gasteiger partial charge in [0.05, 0.1) is 5.69 Å². The first-order valence-electron chi connectivity index (χ1n) is 7.74. The van der Waals surface area contributed by atoms with E-state index in [0.29, 0.717) is 24.5 Å². The van der Waals surface area contributed by atoms with Gasteiger partial charge in [0.2, 0.25) is 0 Å². The van der Waals surface area contributed by atoms with Crippen LogP contribution in [-0.2, 0) is 10.2 Å². The number of para-hydroxylation sites is 1. The van der Waals surface area contributed by atoms with E-state index in [1.807, 2.05) is 30.3 Å². The van der Waals surface area contributed by atoms with Crippen LogP contribution in [0.25, 0.3) is 0 Å². The monoisotopic (exact) mass is 332 g/mol. The van der Waals surface area contributed by atoms with Crippen molar-refractivity contribution in [1.82, 2.24) is 4.31 Å². The van der Waals surface area contributed by atoms with Crippen LogP contribution in [0.4, 0.5) is 5.69 Å². The number of nitrogens with zero attached hydrogens (tertiary/aromatic N) is 1. The van der Waals surface area contributed by atoms with Gasteiger partial charge in [0.1, 0.15) is 11.5 Å². The molecule has 1 saturated heterocycles. The molecular weight excluding hydrogens is 312 g/mol. The molecule has 1 heterocycles. The first-order valence-corrected chi connectivity index (χ1v) is 9.18. The highest BCUT2D eigenvalue weighted by atomic mass is 32.2. The molecule has 0 radical (unpaired) electrons. The molecule has 122 valence electrons. The van der Waals surface area contributed by atoms with Gasteiger partial charge in [0.15, 0.2) is 0 Å². The van der Waals surface area contributed by atoms with Gasteiger partial charge < -0.3 is 4.74 Å². The second kappa shape index (κ2) is 7.02. The largest absolute Gasteiger partial charge is 0.457 e. The Morgan fingerprint density at radius 1 is 0.826 bits per heavy atom. The van der Waals surface area contributed by atoms with E-state index in [9.17, 15) is 8.42 Å². The molecule has 0 bridgehead atoms. The van der Waals surface area contributed by atoms with E-state index in [2.05, 4.69) is 4.72 Å². The summed E-state index contributed by atoms with van der Waals surface area (Å²) in [5.41, 5.74) is 0.538. The number of benzene rings is 2. The number of nitrogens with one attached hydrogen (secondary N) is 1. The molecule has 1 N–H and O–H groups in total. The van der Waals surface area contributed by atoms with Gasteiger partial charge in [-0.05, 0) is 49.2 Å². The lowest BCUT2D eigenvalue weighted by atomic mass is 10.2. The fourth-order valence-corrected chi connectivity index (χ4v) is 3.84. The van der Waals surface area contributed by atoms with E-state index < -0.39 is 10.2 Å². The van der Waals surface area contributed by atoms with Crippen molar-refractivity contribution in [1.29, 1.82) is 0 Å². The molecule has 0 amide bonds. The standard InChI is InChI=1S/C17H20N2O3S/c20-23(21,19-13-5-2-6-14-19)18-15-9-11-17(12-10-15)22-16-7-3-1-4-8-16/h1,3-4,7-12,18H,2,5-6,13-14H2. The quantitative estimate of drug-likeness (QED) is 0.910. The SMILES string of the molecule is O=S(=O)(Nc1ccc(Oc2ccccc2)cc1)N1CCCCC1. The lowest BCUT2D eigenvalue weighted by molar-refractivity contribution is 0.349. The van der Waals surface area contributed by atoms with Crippen molar-refractivity contribution < 1.29 is 13.2 Å². The number of hydrogen-bond acceptors (Lipinski definition) is 3. The Hall–Kier alpha value is -2.05. The van der Waals surface area contributed by atoms with Gasteiger partial charge in [-0.2, -0.15) is 12.7 Å². The summed E-state index contributed by atoms with van der Waals surface area (Å²) in [4.78, 5) is 0. The van der Waals surface area contributed by atoms with Crippen molar-refractivity contribution in [3.8, 4) is 11.5 Å². The molecule has 0 atom stereocenters. The van der Waals surface area contributed by atoms with E-state index in [1.165, 1.54) is 4.31 Å². The van der Waals surface area contributed by atoms with Crippen LogP contribution < -0.4 is 9.46 Å². The number of piperidine rings is 1. The molecule has 0 aromatic heterocycles. The summed E-state index contributed by atoms with van der Waals surface area (Å²) in [6.07, 6.45) is 2.94. The minimum absolute atomic E-state index is 0.538. The van der Waals surface area contributed by atoms with Crippen LogP contribution in [0.15, 0.2) is 54.6 Å². The van der Waals surface area contributed by atoms with Crippen molar-refractivity contribution >= 4 is 15.9 Å². The van der Waals surface area contributed by atoms with Crippen molar-refractivity contribution in [2.45, 2.75) is 19.3 Å². The number of ether oxygens (including phenoxy) is 1. The molecule has 23 heavy (non-hydrogen) atoms. The zero-order valence-electron chi connectivity index (χ0n) is 12.8. The zero-order valence-corrected chi connectivity index (χ0v) is 13.6. The van der Waals surface area contributed by atoms with Crippen LogP contribution in [0.3, 0.4) is 0 Å². The molecule has 6 heteroatoms.